The highest BCUT2D eigenvalue weighted by Gasteiger charge is 2.11. The number of rotatable bonds is 4. The lowest BCUT2D eigenvalue weighted by Gasteiger charge is -2.04. The van der Waals surface area contributed by atoms with Gasteiger partial charge in [-0.25, -0.2) is 4.39 Å². The number of ether oxygens (including phenoxy) is 1. The molecule has 1 aromatic heterocycles. The zero-order valence-corrected chi connectivity index (χ0v) is 9.76. The fourth-order valence-electron chi connectivity index (χ4n) is 1.53. The van der Waals surface area contributed by atoms with Crippen molar-refractivity contribution in [2.75, 3.05) is 7.11 Å². The molecule has 5 heteroatoms. The number of benzene rings is 1. The minimum atomic E-state index is -0.553. The molecule has 18 heavy (non-hydrogen) atoms. The number of carbonyl (C=O) groups is 1. The lowest BCUT2D eigenvalue weighted by Crippen LogP contribution is -2.06. The topological polar surface area (TPSA) is 52.1 Å². The smallest absolute Gasteiger partial charge is 0.168 e. The van der Waals surface area contributed by atoms with E-state index in [9.17, 15) is 9.18 Å². The number of aromatic nitrogens is 2. The predicted molar refractivity (Wildman–Crippen MR) is 63.0 cm³/mol. The molecule has 0 saturated heterocycles. The van der Waals surface area contributed by atoms with Crippen LogP contribution in [0.2, 0.25) is 0 Å². The highest BCUT2D eigenvalue weighted by molar-refractivity contribution is 5.97. The fraction of sp³-hybridized carbons (Fsp3) is 0.154. The highest BCUT2D eigenvalue weighted by atomic mass is 19.1. The molecule has 92 valence electrons. The summed E-state index contributed by atoms with van der Waals surface area (Å²) < 4.78 is 18.2. The van der Waals surface area contributed by atoms with Crippen LogP contribution in [0.5, 0.6) is 5.75 Å². The summed E-state index contributed by atoms with van der Waals surface area (Å²) in [5, 5.41) is 0. The molecule has 0 aliphatic heterocycles. The van der Waals surface area contributed by atoms with E-state index >= 15 is 0 Å². The predicted octanol–water partition coefficient (Wildman–Crippen LogP) is 2.05. The van der Waals surface area contributed by atoms with Crippen molar-refractivity contribution in [1.82, 2.24) is 9.97 Å². The van der Waals surface area contributed by atoms with Crippen LogP contribution in [-0.4, -0.2) is 22.9 Å². The maximum Gasteiger partial charge on any atom is 0.168 e. The van der Waals surface area contributed by atoms with E-state index in [0.29, 0.717) is 11.3 Å². The minimum absolute atomic E-state index is 0.0968. The molecule has 0 spiro atoms. The Kier molecular flexibility index (Phi) is 3.62. The van der Waals surface area contributed by atoms with Crippen molar-refractivity contribution >= 4 is 5.78 Å². The number of nitrogens with zero attached hydrogens (tertiary/aromatic N) is 2. The van der Waals surface area contributed by atoms with Crippen LogP contribution in [0, 0.1) is 5.82 Å². The van der Waals surface area contributed by atoms with Crippen LogP contribution >= 0.6 is 0 Å². The molecule has 4 nitrogen and oxygen atoms in total. The van der Waals surface area contributed by atoms with Crippen molar-refractivity contribution in [3.05, 3.63) is 53.9 Å². The van der Waals surface area contributed by atoms with E-state index in [1.165, 1.54) is 37.8 Å². The van der Waals surface area contributed by atoms with E-state index in [1.54, 1.807) is 0 Å². The van der Waals surface area contributed by atoms with Gasteiger partial charge in [0, 0.05) is 24.2 Å². The summed E-state index contributed by atoms with van der Waals surface area (Å²) in [6.45, 7) is 0. The minimum Gasteiger partial charge on any atom is -0.494 e. The van der Waals surface area contributed by atoms with Gasteiger partial charge in [0.05, 0.1) is 19.2 Å². The Bertz CT molecular complexity index is 558. The van der Waals surface area contributed by atoms with Gasteiger partial charge in [-0.1, -0.05) is 0 Å². The monoisotopic (exact) mass is 246 g/mol. The third kappa shape index (κ3) is 2.68. The molecule has 0 N–H and O–H groups in total. The average molecular weight is 246 g/mol. The van der Waals surface area contributed by atoms with Crippen LogP contribution in [0.25, 0.3) is 0 Å². The largest absolute Gasteiger partial charge is 0.494 e. The van der Waals surface area contributed by atoms with Gasteiger partial charge in [-0.2, -0.15) is 0 Å². The van der Waals surface area contributed by atoms with Crippen molar-refractivity contribution in [2.45, 2.75) is 6.42 Å². The van der Waals surface area contributed by atoms with Crippen LogP contribution in [0.1, 0.15) is 16.1 Å². The van der Waals surface area contributed by atoms with Crippen molar-refractivity contribution in [2.24, 2.45) is 0 Å². The van der Waals surface area contributed by atoms with Gasteiger partial charge in [-0.15, -0.1) is 0 Å². The first-order valence-electron chi connectivity index (χ1n) is 5.32. The number of methoxy groups -OCH3 is 1. The van der Waals surface area contributed by atoms with E-state index in [1.807, 2.05) is 0 Å². The SMILES string of the molecule is COc1ccc(C(=O)Cc2cnccn2)cc1F. The first-order valence-corrected chi connectivity index (χ1v) is 5.32. The third-order valence-corrected chi connectivity index (χ3v) is 2.43. The number of Topliss-reactive ketones (excluding diaryl/α,β-unsaturated/α-hetero) is 1. The Balaban J connectivity index is 2.17. The maximum atomic E-state index is 13.4. The van der Waals surface area contributed by atoms with Crippen LogP contribution in [0.3, 0.4) is 0 Å². The number of ketones is 1. The molecule has 0 atom stereocenters. The fourth-order valence-corrected chi connectivity index (χ4v) is 1.53. The summed E-state index contributed by atoms with van der Waals surface area (Å²) in [6.07, 6.45) is 4.65. The Hall–Kier alpha value is -2.30. The third-order valence-electron chi connectivity index (χ3n) is 2.43. The van der Waals surface area contributed by atoms with Crippen molar-refractivity contribution in [3.8, 4) is 5.75 Å². The number of carbonyl (C=O) groups excluding carboxylic acids is 1. The molecule has 0 aliphatic carbocycles. The van der Waals surface area contributed by atoms with Crippen LogP contribution in [0.15, 0.2) is 36.8 Å². The van der Waals surface area contributed by atoms with Crippen molar-refractivity contribution in [1.29, 1.82) is 0 Å². The van der Waals surface area contributed by atoms with E-state index in [0.717, 1.165) is 6.07 Å². The second kappa shape index (κ2) is 5.35. The van der Waals surface area contributed by atoms with E-state index in [-0.39, 0.29) is 18.0 Å². The maximum absolute atomic E-state index is 13.4. The Morgan fingerprint density at radius 3 is 2.83 bits per heavy atom. The van der Waals surface area contributed by atoms with Crippen LogP contribution in [-0.2, 0) is 6.42 Å². The molecule has 1 aromatic carbocycles. The molecular formula is C13H11FN2O2. The van der Waals surface area contributed by atoms with Gasteiger partial charge in [-0.3, -0.25) is 14.8 Å². The Morgan fingerprint density at radius 1 is 1.39 bits per heavy atom. The zero-order chi connectivity index (χ0) is 13.0. The van der Waals surface area contributed by atoms with Crippen molar-refractivity contribution < 1.29 is 13.9 Å². The van der Waals surface area contributed by atoms with Crippen LogP contribution < -0.4 is 4.74 Å². The molecule has 0 amide bonds. The van der Waals surface area contributed by atoms with Gasteiger partial charge in [-0.05, 0) is 18.2 Å². The first-order chi connectivity index (χ1) is 8.70. The van der Waals surface area contributed by atoms with E-state index in [4.69, 9.17) is 4.74 Å². The standard InChI is InChI=1S/C13H11FN2O2/c1-18-13-3-2-9(6-11(13)14)12(17)7-10-8-15-4-5-16-10/h2-6,8H,7H2,1H3. The first kappa shape index (κ1) is 12.2. The van der Waals surface area contributed by atoms with Gasteiger partial charge in [0.2, 0.25) is 0 Å². The summed E-state index contributed by atoms with van der Waals surface area (Å²) in [6, 6.07) is 4.12. The number of hydrogen-bond acceptors (Lipinski definition) is 4. The highest BCUT2D eigenvalue weighted by Crippen LogP contribution is 2.18. The van der Waals surface area contributed by atoms with E-state index in [2.05, 4.69) is 9.97 Å². The molecule has 2 aromatic rings. The summed E-state index contributed by atoms with van der Waals surface area (Å²) >= 11 is 0. The summed E-state index contributed by atoms with van der Waals surface area (Å²) in [4.78, 5) is 19.8. The Morgan fingerprint density at radius 2 is 2.22 bits per heavy atom. The lowest BCUT2D eigenvalue weighted by atomic mass is 10.1. The van der Waals surface area contributed by atoms with Gasteiger partial charge >= 0.3 is 0 Å². The molecule has 0 aliphatic rings. The van der Waals surface area contributed by atoms with Gasteiger partial charge < -0.3 is 4.74 Å². The summed E-state index contributed by atoms with van der Waals surface area (Å²) in [7, 11) is 1.37. The van der Waals surface area contributed by atoms with Crippen molar-refractivity contribution in [3.63, 3.8) is 0 Å². The molecule has 2 rings (SSSR count). The molecule has 0 radical (unpaired) electrons. The quantitative estimate of drug-likeness (QED) is 0.775. The zero-order valence-electron chi connectivity index (χ0n) is 9.76. The molecule has 0 saturated carbocycles. The summed E-state index contributed by atoms with van der Waals surface area (Å²) in [5.74, 6) is -0.648. The molecule has 0 unspecified atom stereocenters. The van der Waals surface area contributed by atoms with Gasteiger partial charge in [0.1, 0.15) is 0 Å². The number of hydrogen-bond donors (Lipinski definition) is 0. The molecule has 1 heterocycles. The lowest BCUT2D eigenvalue weighted by molar-refractivity contribution is 0.0991. The van der Waals surface area contributed by atoms with E-state index < -0.39 is 5.82 Å². The Labute approximate surface area is 103 Å². The second-order valence-electron chi connectivity index (χ2n) is 3.65. The molecular weight excluding hydrogens is 235 g/mol. The molecule has 0 fully saturated rings. The average Bonchev–Trinajstić information content (AvgIpc) is 2.39. The van der Waals surface area contributed by atoms with Gasteiger partial charge in [0.25, 0.3) is 0 Å². The normalized spacial score (nSPS) is 10.1. The van der Waals surface area contributed by atoms with Crippen LogP contribution in [0.4, 0.5) is 4.39 Å². The molecule has 0 bridgehead atoms. The van der Waals surface area contributed by atoms with Gasteiger partial charge in [0.15, 0.2) is 17.3 Å². The number of halogens is 1. The summed E-state index contributed by atoms with van der Waals surface area (Å²) in [5.41, 5.74) is 0.845. The second-order valence-corrected chi connectivity index (χ2v) is 3.65.